The summed E-state index contributed by atoms with van der Waals surface area (Å²) in [5, 5.41) is 9.48. The van der Waals surface area contributed by atoms with Crippen LogP contribution in [0.2, 0.25) is 0 Å². The van der Waals surface area contributed by atoms with E-state index >= 15 is 0 Å². The summed E-state index contributed by atoms with van der Waals surface area (Å²) in [5.74, 6) is 0.530. The summed E-state index contributed by atoms with van der Waals surface area (Å²) < 4.78 is 25.9. The molecule has 1 aliphatic rings. The molecule has 1 aromatic carbocycles. The van der Waals surface area contributed by atoms with Gasteiger partial charge in [-0.1, -0.05) is 30.3 Å². The Balaban J connectivity index is 1.98. The molecule has 1 atom stereocenters. The molecule has 4 nitrogen and oxygen atoms in total. The Morgan fingerprint density at radius 3 is 2.45 bits per heavy atom. The highest BCUT2D eigenvalue weighted by Crippen LogP contribution is 2.33. The lowest BCUT2D eigenvalue weighted by atomic mass is 9.81. The molecule has 0 saturated carbocycles. The second kappa shape index (κ2) is 7.96. The molecule has 120 valence electrons. The Morgan fingerprint density at radius 1 is 1.27 bits per heavy atom. The summed E-state index contributed by atoms with van der Waals surface area (Å²) in [6.45, 7) is 1.00. The van der Waals surface area contributed by atoms with Crippen LogP contribution in [0.15, 0.2) is 30.3 Å². The van der Waals surface area contributed by atoms with Crippen LogP contribution in [0.25, 0.3) is 0 Å². The van der Waals surface area contributed by atoms with Crippen molar-refractivity contribution in [1.82, 2.24) is 4.31 Å². The predicted molar refractivity (Wildman–Crippen MR) is 88.2 cm³/mol. The van der Waals surface area contributed by atoms with Gasteiger partial charge in [0.2, 0.25) is 10.0 Å². The van der Waals surface area contributed by atoms with Crippen molar-refractivity contribution in [2.24, 2.45) is 5.92 Å². The molecule has 0 aromatic heterocycles. The van der Waals surface area contributed by atoms with Gasteiger partial charge in [0.1, 0.15) is 0 Å². The molecule has 0 unspecified atom stereocenters. The smallest absolute Gasteiger partial charge is 0.212 e. The van der Waals surface area contributed by atoms with Crippen LogP contribution < -0.4 is 0 Å². The molecular weight excluding hydrogens is 320 g/mol. The third kappa shape index (κ3) is 4.22. The number of alkyl halides is 1. The number of piperidine rings is 1. The summed E-state index contributed by atoms with van der Waals surface area (Å²) in [6.07, 6.45) is 1.94. The van der Waals surface area contributed by atoms with Crippen LogP contribution in [0.3, 0.4) is 0 Å². The Kier molecular flexibility index (Phi) is 6.25. The highest BCUT2D eigenvalue weighted by Gasteiger charge is 2.32. The second-order valence-electron chi connectivity index (χ2n) is 5.61. The van der Waals surface area contributed by atoms with E-state index in [2.05, 4.69) is 6.07 Å². The van der Waals surface area contributed by atoms with Gasteiger partial charge in [-0.25, -0.2) is 12.7 Å². The predicted octanol–water partition coefficient (Wildman–Crippen LogP) is 2.96. The number of rotatable bonds is 6. The van der Waals surface area contributed by atoms with Crippen molar-refractivity contribution in [3.05, 3.63) is 35.9 Å². The number of nitrogens with zero attached hydrogens (tertiary/aromatic N) is 2. The second-order valence-corrected chi connectivity index (χ2v) is 8.08. The summed E-state index contributed by atoms with van der Waals surface area (Å²) in [5.41, 5.74) is 1.02. The molecule has 1 fully saturated rings. The van der Waals surface area contributed by atoms with Gasteiger partial charge in [0.15, 0.2) is 0 Å². The molecule has 6 heteroatoms. The Hall–Kier alpha value is -1.09. The zero-order chi connectivity index (χ0) is 16.0. The van der Waals surface area contributed by atoms with Crippen LogP contribution in [0.4, 0.5) is 0 Å². The van der Waals surface area contributed by atoms with Crippen LogP contribution in [0.1, 0.15) is 30.7 Å². The largest absolute Gasteiger partial charge is 0.214 e. The number of benzene rings is 1. The van der Waals surface area contributed by atoms with Crippen molar-refractivity contribution in [3.63, 3.8) is 0 Å². The maximum absolute atomic E-state index is 12.2. The number of nitriles is 1. The number of halogens is 1. The van der Waals surface area contributed by atoms with Gasteiger partial charge < -0.3 is 0 Å². The third-order valence-electron chi connectivity index (χ3n) is 4.20. The lowest BCUT2D eigenvalue weighted by Gasteiger charge is -2.33. The molecule has 1 aromatic rings. The monoisotopic (exact) mass is 340 g/mol. The van der Waals surface area contributed by atoms with Gasteiger partial charge in [0, 0.05) is 19.0 Å². The average molecular weight is 341 g/mol. The van der Waals surface area contributed by atoms with Crippen LogP contribution in [-0.2, 0) is 10.0 Å². The van der Waals surface area contributed by atoms with Crippen LogP contribution in [-0.4, -0.2) is 37.4 Å². The Bertz CT molecular complexity index is 605. The van der Waals surface area contributed by atoms with Gasteiger partial charge in [-0.3, -0.25) is 0 Å². The zero-order valence-corrected chi connectivity index (χ0v) is 14.1. The van der Waals surface area contributed by atoms with Gasteiger partial charge in [-0.15, -0.1) is 11.6 Å². The van der Waals surface area contributed by atoms with Crippen molar-refractivity contribution in [2.75, 3.05) is 24.7 Å². The van der Waals surface area contributed by atoms with E-state index in [-0.39, 0.29) is 17.6 Å². The van der Waals surface area contributed by atoms with E-state index in [1.165, 1.54) is 0 Å². The first-order valence-corrected chi connectivity index (χ1v) is 9.71. The zero-order valence-electron chi connectivity index (χ0n) is 12.5. The fourth-order valence-electron chi connectivity index (χ4n) is 2.97. The van der Waals surface area contributed by atoms with Gasteiger partial charge in [0.25, 0.3) is 0 Å². The van der Waals surface area contributed by atoms with Gasteiger partial charge in [0.05, 0.1) is 17.7 Å². The summed E-state index contributed by atoms with van der Waals surface area (Å²) in [4.78, 5) is 0. The van der Waals surface area contributed by atoms with Crippen LogP contribution in [0, 0.1) is 17.2 Å². The molecule has 0 aliphatic carbocycles. The molecule has 0 N–H and O–H groups in total. The molecular formula is C16H21ClN2O2S. The molecule has 0 amide bonds. The van der Waals surface area contributed by atoms with E-state index in [0.717, 1.165) is 18.4 Å². The van der Waals surface area contributed by atoms with Crippen molar-refractivity contribution >= 4 is 21.6 Å². The lowest BCUT2D eigenvalue weighted by molar-refractivity contribution is 0.261. The maximum Gasteiger partial charge on any atom is 0.214 e. The fourth-order valence-corrected chi connectivity index (χ4v) is 4.79. The minimum atomic E-state index is -3.20. The van der Waals surface area contributed by atoms with Crippen LogP contribution in [0.5, 0.6) is 0 Å². The van der Waals surface area contributed by atoms with Gasteiger partial charge in [-0.05, 0) is 30.7 Å². The standard InChI is InChI=1S/C16H21ClN2O2S/c17-9-4-12-22(20,21)19-10-7-15(8-11-19)16(13-18)14-5-2-1-3-6-14/h1-3,5-6,15-16H,4,7-12H2/t16-/m1/s1. The topological polar surface area (TPSA) is 61.2 Å². The fraction of sp³-hybridized carbons (Fsp3) is 0.562. The quantitative estimate of drug-likeness (QED) is 0.748. The van der Waals surface area contributed by atoms with E-state index in [9.17, 15) is 13.7 Å². The first kappa shape index (κ1) is 17.3. The van der Waals surface area contributed by atoms with E-state index < -0.39 is 10.0 Å². The molecule has 0 radical (unpaired) electrons. The third-order valence-corrected chi connectivity index (χ3v) is 6.42. The average Bonchev–Trinajstić information content (AvgIpc) is 2.55. The van der Waals surface area contributed by atoms with Crippen molar-refractivity contribution in [2.45, 2.75) is 25.2 Å². The van der Waals surface area contributed by atoms with Gasteiger partial charge >= 0.3 is 0 Å². The molecule has 1 aliphatic heterocycles. The first-order chi connectivity index (χ1) is 10.6. The molecule has 1 saturated heterocycles. The molecule has 2 rings (SSSR count). The molecule has 0 bridgehead atoms. The van der Waals surface area contributed by atoms with Crippen molar-refractivity contribution in [3.8, 4) is 6.07 Å². The Morgan fingerprint density at radius 2 is 1.91 bits per heavy atom. The molecule has 0 spiro atoms. The lowest BCUT2D eigenvalue weighted by Crippen LogP contribution is -2.40. The van der Waals surface area contributed by atoms with Crippen LogP contribution >= 0.6 is 11.6 Å². The maximum atomic E-state index is 12.2. The van der Waals surface area contributed by atoms with E-state index in [4.69, 9.17) is 11.6 Å². The number of hydrogen-bond donors (Lipinski definition) is 0. The highest BCUT2D eigenvalue weighted by molar-refractivity contribution is 7.89. The van der Waals surface area contributed by atoms with E-state index in [0.29, 0.717) is 25.4 Å². The SMILES string of the molecule is N#C[C@H](c1ccccc1)C1CCN(S(=O)(=O)CCCCl)CC1. The van der Waals surface area contributed by atoms with E-state index in [1.54, 1.807) is 4.31 Å². The minimum absolute atomic E-state index is 0.113. The normalized spacial score (nSPS) is 18.7. The summed E-state index contributed by atoms with van der Waals surface area (Å²) >= 11 is 5.58. The van der Waals surface area contributed by atoms with Crippen molar-refractivity contribution < 1.29 is 8.42 Å². The highest BCUT2D eigenvalue weighted by atomic mass is 35.5. The minimum Gasteiger partial charge on any atom is -0.212 e. The van der Waals surface area contributed by atoms with Gasteiger partial charge in [-0.2, -0.15) is 5.26 Å². The number of hydrogen-bond acceptors (Lipinski definition) is 3. The molecule has 22 heavy (non-hydrogen) atoms. The van der Waals surface area contributed by atoms with Crippen molar-refractivity contribution in [1.29, 1.82) is 5.26 Å². The summed E-state index contributed by atoms with van der Waals surface area (Å²) in [6, 6.07) is 12.1. The summed E-state index contributed by atoms with van der Waals surface area (Å²) in [7, 11) is -3.20. The first-order valence-electron chi connectivity index (χ1n) is 7.57. The molecule has 1 heterocycles. The number of sulfonamides is 1. The Labute approximate surface area is 137 Å². The van der Waals surface area contributed by atoms with E-state index in [1.807, 2.05) is 30.3 Å².